The lowest BCUT2D eigenvalue weighted by atomic mass is 9.96. The van der Waals surface area contributed by atoms with Crippen molar-refractivity contribution in [1.82, 2.24) is 25.4 Å². The van der Waals surface area contributed by atoms with Crippen LogP contribution in [0.2, 0.25) is 5.02 Å². The van der Waals surface area contributed by atoms with Crippen molar-refractivity contribution in [2.75, 3.05) is 43.9 Å². The molecule has 2 saturated heterocycles. The van der Waals surface area contributed by atoms with Gasteiger partial charge in [0.05, 0.1) is 6.61 Å². The summed E-state index contributed by atoms with van der Waals surface area (Å²) in [5.74, 6) is 0.977. The molecule has 2 fully saturated rings. The van der Waals surface area contributed by atoms with Gasteiger partial charge in [-0.25, -0.2) is 0 Å². The number of amides is 1. The molecular weight excluding hydrogens is 406 g/mol. The highest BCUT2D eigenvalue weighted by Gasteiger charge is 2.37. The smallest absolute Gasteiger partial charge is 0.250 e. The molecule has 1 unspecified atom stereocenters. The molecule has 162 valence electrons. The van der Waals surface area contributed by atoms with Crippen LogP contribution >= 0.6 is 11.6 Å². The Kier molecular flexibility index (Phi) is 6.40. The Labute approximate surface area is 180 Å². The molecule has 2 aliphatic heterocycles. The number of piperidine rings is 1. The largest absolute Gasteiger partial charge is 0.368 e. The van der Waals surface area contributed by atoms with Crippen LogP contribution in [-0.2, 0) is 16.0 Å². The Morgan fingerprint density at radius 2 is 2.03 bits per heavy atom. The van der Waals surface area contributed by atoms with E-state index in [0.717, 1.165) is 37.4 Å². The average molecular weight is 434 g/mol. The zero-order valence-electron chi connectivity index (χ0n) is 17.1. The topological polar surface area (TPSA) is 112 Å². The summed E-state index contributed by atoms with van der Waals surface area (Å²) >= 11 is 6.04. The Hall–Kier alpha value is -2.36. The molecule has 1 aromatic heterocycles. The van der Waals surface area contributed by atoms with Crippen molar-refractivity contribution in [3.63, 3.8) is 0 Å². The molecule has 0 radical (unpaired) electrons. The normalized spacial score (nSPS) is 23.5. The van der Waals surface area contributed by atoms with E-state index in [-0.39, 0.29) is 11.9 Å². The van der Waals surface area contributed by atoms with Gasteiger partial charge in [0.1, 0.15) is 6.10 Å². The molecule has 1 aromatic carbocycles. The second kappa shape index (κ2) is 9.20. The Balaban J connectivity index is 1.45. The van der Waals surface area contributed by atoms with E-state index in [4.69, 9.17) is 22.1 Å². The van der Waals surface area contributed by atoms with E-state index in [9.17, 15) is 4.79 Å². The minimum absolute atomic E-state index is 0.0699. The third-order valence-corrected chi connectivity index (χ3v) is 6.24. The molecule has 0 saturated carbocycles. The summed E-state index contributed by atoms with van der Waals surface area (Å²) < 4.78 is 5.93. The number of halogens is 1. The van der Waals surface area contributed by atoms with Gasteiger partial charge in [-0.3, -0.25) is 14.7 Å². The van der Waals surface area contributed by atoms with Crippen LogP contribution in [0.4, 0.5) is 11.9 Å². The third-order valence-electron chi connectivity index (χ3n) is 5.98. The van der Waals surface area contributed by atoms with Crippen LogP contribution < -0.4 is 16.0 Å². The maximum Gasteiger partial charge on any atom is 0.250 e. The lowest BCUT2D eigenvalue weighted by Gasteiger charge is -2.46. The van der Waals surface area contributed by atoms with Crippen LogP contribution in [0.3, 0.4) is 0 Å². The minimum atomic E-state index is -0.441. The van der Waals surface area contributed by atoms with Crippen molar-refractivity contribution in [3.8, 4) is 0 Å². The summed E-state index contributed by atoms with van der Waals surface area (Å²) in [6.45, 7) is 2.83. The molecule has 4 rings (SSSR count). The van der Waals surface area contributed by atoms with Gasteiger partial charge in [-0.15, -0.1) is 10.2 Å². The summed E-state index contributed by atoms with van der Waals surface area (Å²) in [7, 11) is 1.65. The molecule has 4 N–H and O–H groups in total. The van der Waals surface area contributed by atoms with Crippen LogP contribution in [0.15, 0.2) is 24.3 Å². The van der Waals surface area contributed by atoms with Crippen molar-refractivity contribution in [1.29, 1.82) is 0 Å². The number of carbonyl (C=O) groups excluding carboxylic acids is 1. The third kappa shape index (κ3) is 4.69. The van der Waals surface area contributed by atoms with Gasteiger partial charge >= 0.3 is 0 Å². The van der Waals surface area contributed by atoms with E-state index in [1.807, 2.05) is 12.1 Å². The van der Waals surface area contributed by atoms with E-state index in [0.29, 0.717) is 31.1 Å². The van der Waals surface area contributed by atoms with Crippen molar-refractivity contribution in [2.24, 2.45) is 0 Å². The zero-order valence-corrected chi connectivity index (χ0v) is 17.8. The summed E-state index contributed by atoms with van der Waals surface area (Å²) in [4.78, 5) is 19.9. The maximum atomic E-state index is 12.2. The first-order valence-corrected chi connectivity index (χ1v) is 10.7. The van der Waals surface area contributed by atoms with Crippen molar-refractivity contribution >= 4 is 29.4 Å². The zero-order chi connectivity index (χ0) is 21.1. The second-order valence-electron chi connectivity index (χ2n) is 7.87. The van der Waals surface area contributed by atoms with Gasteiger partial charge in [-0.2, -0.15) is 0 Å². The van der Waals surface area contributed by atoms with Crippen LogP contribution in [0.5, 0.6) is 0 Å². The van der Waals surface area contributed by atoms with E-state index in [1.54, 1.807) is 7.05 Å². The van der Waals surface area contributed by atoms with Gasteiger partial charge in [0.15, 0.2) is 0 Å². The standard InChI is InChI=1S/C20H28ClN7O2/c1-23-18(29)17-11-28(16(12-30-17)10-13-2-4-14(21)5-3-13)15-6-8-27(9-7-15)20-24-19(22)25-26-20/h2-5,15-17H,6-12H2,1H3,(H,23,29)(H3,22,24,25,26)/t16-,17?/m0/s1. The van der Waals surface area contributed by atoms with E-state index < -0.39 is 6.10 Å². The second-order valence-corrected chi connectivity index (χ2v) is 8.31. The molecule has 3 heterocycles. The number of aromatic amines is 1. The van der Waals surface area contributed by atoms with Gasteiger partial charge in [-0.1, -0.05) is 23.7 Å². The van der Waals surface area contributed by atoms with E-state index >= 15 is 0 Å². The molecule has 9 nitrogen and oxygen atoms in total. The number of nitrogens with two attached hydrogens (primary N) is 1. The van der Waals surface area contributed by atoms with Crippen LogP contribution in [0.1, 0.15) is 18.4 Å². The Morgan fingerprint density at radius 1 is 1.30 bits per heavy atom. The number of carbonyl (C=O) groups is 1. The summed E-state index contributed by atoms with van der Waals surface area (Å²) in [5.41, 5.74) is 6.88. The molecule has 1 amide bonds. The van der Waals surface area contributed by atoms with Gasteiger partial charge in [0.25, 0.3) is 0 Å². The predicted octanol–water partition coefficient (Wildman–Crippen LogP) is 1.07. The number of rotatable bonds is 5. The molecule has 0 spiro atoms. The van der Waals surface area contributed by atoms with Crippen molar-refractivity contribution in [2.45, 2.75) is 37.5 Å². The number of nitrogen functional groups attached to an aromatic ring is 1. The lowest BCUT2D eigenvalue weighted by molar-refractivity contribution is -0.144. The molecular formula is C20H28ClN7O2. The number of anilines is 2. The first-order chi connectivity index (χ1) is 14.5. The van der Waals surface area contributed by atoms with Gasteiger partial charge < -0.3 is 20.7 Å². The number of H-pyrrole nitrogens is 1. The fourth-order valence-electron chi connectivity index (χ4n) is 4.37. The van der Waals surface area contributed by atoms with Gasteiger partial charge in [0.2, 0.25) is 17.8 Å². The van der Waals surface area contributed by atoms with Crippen molar-refractivity contribution in [3.05, 3.63) is 34.9 Å². The monoisotopic (exact) mass is 433 g/mol. The highest BCUT2D eigenvalue weighted by Crippen LogP contribution is 2.26. The number of likely N-dealkylation sites (N-methyl/N-ethyl adjacent to an activating group) is 1. The Bertz CT molecular complexity index is 851. The number of benzene rings is 1. The fraction of sp³-hybridized carbons (Fsp3) is 0.550. The number of hydrogen-bond donors (Lipinski definition) is 3. The number of ether oxygens (including phenoxy) is 1. The first kappa shape index (κ1) is 20.9. The number of nitrogens with zero attached hydrogens (tertiary/aromatic N) is 4. The SMILES string of the molecule is CNC(=O)C1CN(C2CCN(c3nnc(N)[nH]3)CC2)[C@@H](Cc2ccc(Cl)cc2)CO1. The molecule has 30 heavy (non-hydrogen) atoms. The lowest BCUT2D eigenvalue weighted by Crippen LogP contribution is -2.59. The molecule has 2 aromatic rings. The molecule has 10 heteroatoms. The predicted molar refractivity (Wildman–Crippen MR) is 115 cm³/mol. The van der Waals surface area contributed by atoms with Gasteiger partial charge in [-0.05, 0) is 37.0 Å². The van der Waals surface area contributed by atoms with Crippen LogP contribution in [0, 0.1) is 0 Å². The first-order valence-electron chi connectivity index (χ1n) is 10.3. The minimum Gasteiger partial charge on any atom is -0.368 e. The quantitative estimate of drug-likeness (QED) is 0.646. The Morgan fingerprint density at radius 3 is 2.67 bits per heavy atom. The van der Waals surface area contributed by atoms with E-state index in [2.05, 4.69) is 42.4 Å². The maximum absolute atomic E-state index is 12.2. The highest BCUT2D eigenvalue weighted by atomic mass is 35.5. The van der Waals surface area contributed by atoms with Crippen LogP contribution in [-0.4, -0.2) is 77.5 Å². The average Bonchev–Trinajstić information content (AvgIpc) is 3.21. The summed E-state index contributed by atoms with van der Waals surface area (Å²) in [6, 6.07) is 8.53. The van der Waals surface area contributed by atoms with Crippen molar-refractivity contribution < 1.29 is 9.53 Å². The number of nitrogens with one attached hydrogen (secondary N) is 2. The molecule has 2 atom stereocenters. The number of hydrogen-bond acceptors (Lipinski definition) is 7. The molecule has 0 aliphatic carbocycles. The number of morpholine rings is 1. The number of aromatic nitrogens is 3. The fourth-order valence-corrected chi connectivity index (χ4v) is 4.50. The summed E-state index contributed by atoms with van der Waals surface area (Å²) in [6.07, 6.45) is 2.36. The molecule has 2 aliphatic rings. The van der Waals surface area contributed by atoms with Gasteiger partial charge in [0, 0.05) is 43.8 Å². The molecule has 0 bridgehead atoms. The highest BCUT2D eigenvalue weighted by molar-refractivity contribution is 6.30. The van der Waals surface area contributed by atoms with Crippen LogP contribution in [0.25, 0.3) is 0 Å². The summed E-state index contributed by atoms with van der Waals surface area (Å²) in [5, 5.41) is 11.4. The van der Waals surface area contributed by atoms with E-state index in [1.165, 1.54) is 5.56 Å².